The third-order valence-corrected chi connectivity index (χ3v) is 7.69. The summed E-state index contributed by atoms with van der Waals surface area (Å²) >= 11 is 0. The number of aryl methyl sites for hydroxylation is 1. The zero-order chi connectivity index (χ0) is 19.8. The smallest absolute Gasteiger partial charge is 0.244 e. The number of nitrogens with zero attached hydrogens (tertiary/aromatic N) is 2. The maximum absolute atomic E-state index is 12.6. The molecule has 0 saturated carbocycles. The molecule has 3 rings (SSSR count). The average molecular weight is 409 g/mol. The Labute approximate surface area is 158 Å². The maximum Gasteiger partial charge on any atom is 0.244 e. The Morgan fingerprint density at radius 3 is 2.44 bits per heavy atom. The highest BCUT2D eigenvalue weighted by Gasteiger charge is 2.42. The van der Waals surface area contributed by atoms with E-state index in [2.05, 4.69) is 9.71 Å². The van der Waals surface area contributed by atoms with Gasteiger partial charge in [-0.05, 0) is 48.4 Å². The number of amides is 1. The lowest BCUT2D eigenvalue weighted by atomic mass is 10.2. The molecule has 1 amide bonds. The zero-order valence-corrected chi connectivity index (χ0v) is 16.4. The van der Waals surface area contributed by atoms with Crippen molar-refractivity contribution in [1.82, 2.24) is 9.71 Å². The summed E-state index contributed by atoms with van der Waals surface area (Å²) in [7, 11) is -7.54. The Hall–Kier alpha value is -2.30. The minimum Gasteiger partial charge on any atom is -0.273 e. The molecular formula is C17H19N3O5S2. The Balaban J connectivity index is 1.87. The van der Waals surface area contributed by atoms with E-state index < -0.39 is 31.9 Å². The molecule has 2 heterocycles. The number of hydrogen-bond acceptors (Lipinski definition) is 6. The van der Waals surface area contributed by atoms with Gasteiger partial charge in [0.15, 0.2) is 0 Å². The van der Waals surface area contributed by atoms with Gasteiger partial charge in [-0.25, -0.2) is 25.9 Å². The Bertz CT molecular complexity index is 1080. The van der Waals surface area contributed by atoms with Gasteiger partial charge in [0.05, 0.1) is 22.3 Å². The molecule has 0 unspecified atom stereocenters. The third-order valence-electron chi connectivity index (χ3n) is 4.26. The van der Waals surface area contributed by atoms with Crippen LogP contribution in [-0.2, 0) is 31.4 Å². The normalized spacial score (nSPS) is 19.4. The van der Waals surface area contributed by atoms with E-state index >= 15 is 0 Å². The lowest BCUT2D eigenvalue weighted by molar-refractivity contribution is -0.119. The number of nitrogens with one attached hydrogen (secondary N) is 1. The number of sulfonamides is 2. The van der Waals surface area contributed by atoms with Crippen molar-refractivity contribution in [3.63, 3.8) is 0 Å². The molecule has 10 heteroatoms. The molecule has 27 heavy (non-hydrogen) atoms. The van der Waals surface area contributed by atoms with Gasteiger partial charge < -0.3 is 0 Å². The number of benzene rings is 1. The van der Waals surface area contributed by atoms with E-state index in [1.54, 1.807) is 38.4 Å². The standard InChI is InChI=1S/C17H19N3O5S2/c1-12-9-15(20-17(21)13(2)11-26(20,22)23)3-4-16(12)27(24,25)19-10-14-5-7-18-8-6-14/h3-9,13,19H,10-11H2,1-2H3/t13-/m0/s1. The highest BCUT2D eigenvalue weighted by atomic mass is 32.2. The minimum absolute atomic E-state index is 0.0254. The molecule has 1 aliphatic rings. The monoisotopic (exact) mass is 409 g/mol. The van der Waals surface area contributed by atoms with Crippen LogP contribution in [0, 0.1) is 12.8 Å². The van der Waals surface area contributed by atoms with Crippen molar-refractivity contribution in [2.75, 3.05) is 10.1 Å². The van der Waals surface area contributed by atoms with E-state index in [1.807, 2.05) is 0 Å². The Morgan fingerprint density at radius 1 is 1.22 bits per heavy atom. The summed E-state index contributed by atoms with van der Waals surface area (Å²) in [6, 6.07) is 7.44. The van der Waals surface area contributed by atoms with Crippen LogP contribution in [0.5, 0.6) is 0 Å². The van der Waals surface area contributed by atoms with Crippen molar-refractivity contribution in [1.29, 1.82) is 0 Å². The van der Waals surface area contributed by atoms with Gasteiger partial charge in [0.25, 0.3) is 0 Å². The quantitative estimate of drug-likeness (QED) is 0.793. The van der Waals surface area contributed by atoms with Crippen LogP contribution in [0.4, 0.5) is 5.69 Å². The van der Waals surface area contributed by atoms with Gasteiger partial charge >= 0.3 is 0 Å². The Morgan fingerprint density at radius 2 is 1.89 bits per heavy atom. The molecule has 1 aliphatic heterocycles. The van der Waals surface area contributed by atoms with Gasteiger partial charge in [0.1, 0.15) is 0 Å². The predicted octanol–water partition coefficient (Wildman–Crippen LogP) is 1.18. The first kappa shape index (κ1) is 19.5. The molecule has 0 aliphatic carbocycles. The number of pyridine rings is 1. The van der Waals surface area contributed by atoms with E-state index in [0.717, 1.165) is 9.87 Å². The molecule has 1 saturated heterocycles. The van der Waals surface area contributed by atoms with Crippen LogP contribution in [0.15, 0.2) is 47.6 Å². The van der Waals surface area contributed by atoms with Crippen LogP contribution >= 0.6 is 0 Å². The van der Waals surface area contributed by atoms with Crippen molar-refractivity contribution in [3.05, 3.63) is 53.9 Å². The average Bonchev–Trinajstić information content (AvgIpc) is 2.81. The van der Waals surface area contributed by atoms with Crippen LogP contribution < -0.4 is 9.03 Å². The van der Waals surface area contributed by atoms with Crippen molar-refractivity contribution in [3.8, 4) is 0 Å². The van der Waals surface area contributed by atoms with E-state index in [1.165, 1.54) is 18.2 Å². The lowest BCUT2D eigenvalue weighted by Crippen LogP contribution is -2.30. The molecule has 144 valence electrons. The van der Waals surface area contributed by atoms with Crippen LogP contribution in [0.25, 0.3) is 0 Å². The summed E-state index contributed by atoms with van der Waals surface area (Å²) in [5.74, 6) is -1.39. The number of carbonyl (C=O) groups is 1. The van der Waals surface area contributed by atoms with Gasteiger partial charge in [-0.3, -0.25) is 9.78 Å². The summed E-state index contributed by atoms with van der Waals surface area (Å²) in [5.41, 5.74) is 1.25. The molecule has 1 fully saturated rings. The summed E-state index contributed by atoms with van der Waals surface area (Å²) < 4.78 is 52.8. The van der Waals surface area contributed by atoms with Crippen LogP contribution in [0.1, 0.15) is 18.1 Å². The first-order chi connectivity index (χ1) is 12.6. The first-order valence-electron chi connectivity index (χ1n) is 8.18. The van der Waals surface area contributed by atoms with Crippen LogP contribution in [0.3, 0.4) is 0 Å². The summed E-state index contributed by atoms with van der Waals surface area (Å²) in [6.45, 7) is 3.21. The molecule has 0 spiro atoms. The fourth-order valence-corrected chi connectivity index (χ4v) is 5.96. The number of rotatable bonds is 5. The van der Waals surface area contributed by atoms with E-state index in [4.69, 9.17) is 0 Å². The summed E-state index contributed by atoms with van der Waals surface area (Å²) in [5, 5.41) is 0. The van der Waals surface area contributed by atoms with Crippen molar-refractivity contribution < 1.29 is 21.6 Å². The second kappa shape index (κ2) is 7.02. The molecule has 1 atom stereocenters. The second-order valence-corrected chi connectivity index (χ2v) is 10.0. The second-order valence-electron chi connectivity index (χ2n) is 6.41. The molecule has 0 radical (unpaired) electrons. The summed E-state index contributed by atoms with van der Waals surface area (Å²) in [6.07, 6.45) is 3.14. The van der Waals surface area contributed by atoms with E-state index in [-0.39, 0.29) is 22.9 Å². The van der Waals surface area contributed by atoms with Gasteiger partial charge in [-0.1, -0.05) is 6.92 Å². The van der Waals surface area contributed by atoms with E-state index in [9.17, 15) is 21.6 Å². The third kappa shape index (κ3) is 3.87. The molecule has 1 aromatic carbocycles. The van der Waals surface area contributed by atoms with Crippen LogP contribution in [-0.4, -0.2) is 33.5 Å². The fourth-order valence-electron chi connectivity index (χ4n) is 2.90. The summed E-state index contributed by atoms with van der Waals surface area (Å²) in [4.78, 5) is 16.1. The molecule has 2 aromatic rings. The molecule has 0 bridgehead atoms. The number of carbonyl (C=O) groups excluding carboxylic acids is 1. The Kier molecular flexibility index (Phi) is 5.06. The fraction of sp³-hybridized carbons (Fsp3) is 0.294. The van der Waals surface area contributed by atoms with Gasteiger partial charge in [-0.2, -0.15) is 0 Å². The van der Waals surface area contributed by atoms with Gasteiger partial charge in [0, 0.05) is 18.9 Å². The van der Waals surface area contributed by atoms with Gasteiger partial charge in [-0.15, -0.1) is 0 Å². The lowest BCUT2D eigenvalue weighted by Gasteiger charge is -2.17. The highest BCUT2D eigenvalue weighted by Crippen LogP contribution is 2.30. The van der Waals surface area contributed by atoms with E-state index in [0.29, 0.717) is 5.56 Å². The number of aromatic nitrogens is 1. The van der Waals surface area contributed by atoms with Crippen molar-refractivity contribution in [2.45, 2.75) is 25.3 Å². The molecular weight excluding hydrogens is 390 g/mol. The molecule has 1 aromatic heterocycles. The zero-order valence-electron chi connectivity index (χ0n) is 14.8. The van der Waals surface area contributed by atoms with Gasteiger partial charge in [0.2, 0.25) is 26.0 Å². The molecule has 1 N–H and O–H groups in total. The minimum atomic E-state index is -3.81. The predicted molar refractivity (Wildman–Crippen MR) is 99.9 cm³/mol. The first-order valence-corrected chi connectivity index (χ1v) is 11.3. The number of hydrogen-bond donors (Lipinski definition) is 1. The van der Waals surface area contributed by atoms with Crippen LogP contribution in [0.2, 0.25) is 0 Å². The molecule has 8 nitrogen and oxygen atoms in total. The maximum atomic E-state index is 12.6. The highest BCUT2D eigenvalue weighted by molar-refractivity contribution is 7.94. The van der Waals surface area contributed by atoms with Crippen molar-refractivity contribution in [2.24, 2.45) is 5.92 Å². The largest absolute Gasteiger partial charge is 0.273 e. The SMILES string of the molecule is Cc1cc(N2C(=O)[C@@H](C)CS2(=O)=O)ccc1S(=O)(=O)NCc1ccncc1. The number of anilines is 1. The topological polar surface area (TPSA) is 114 Å². The van der Waals surface area contributed by atoms with Crippen molar-refractivity contribution >= 4 is 31.6 Å².